The van der Waals surface area contributed by atoms with Gasteiger partial charge in [0, 0.05) is 18.6 Å². The Bertz CT molecular complexity index is 400. The summed E-state index contributed by atoms with van der Waals surface area (Å²) in [6.07, 6.45) is 10.5. The Kier molecular flexibility index (Phi) is 4.57. The van der Waals surface area contributed by atoms with Crippen LogP contribution in [0.4, 0.5) is 0 Å². The van der Waals surface area contributed by atoms with Crippen molar-refractivity contribution in [2.75, 3.05) is 13.1 Å². The van der Waals surface area contributed by atoms with Crippen molar-refractivity contribution in [2.45, 2.75) is 82.8 Å². The van der Waals surface area contributed by atoms with Crippen LogP contribution >= 0.6 is 0 Å². The molecule has 0 aromatic carbocycles. The quantitative estimate of drug-likeness (QED) is 0.866. The van der Waals surface area contributed by atoms with E-state index >= 15 is 0 Å². The zero-order valence-corrected chi connectivity index (χ0v) is 13.8. The fourth-order valence-electron chi connectivity index (χ4n) is 5.11. The van der Waals surface area contributed by atoms with Crippen LogP contribution in [0.25, 0.3) is 0 Å². The lowest BCUT2D eigenvalue weighted by Gasteiger charge is -2.44. The number of nitrogens with zero attached hydrogens (tertiary/aromatic N) is 2. The number of hydrogen-bond acceptors (Lipinski definition) is 3. The fourth-order valence-corrected chi connectivity index (χ4v) is 5.11. The number of hydrogen-bond donors (Lipinski definition) is 1. The lowest BCUT2D eigenvalue weighted by atomic mass is 9.75. The molecule has 0 bridgehead atoms. The summed E-state index contributed by atoms with van der Waals surface area (Å²) in [6.45, 7) is 6.88. The molecule has 2 saturated carbocycles. The van der Waals surface area contributed by atoms with E-state index in [1.807, 2.05) is 0 Å². The molecule has 4 atom stereocenters. The fraction of sp³-hybridized carbons (Fsp3) is 0.944. The van der Waals surface area contributed by atoms with E-state index in [1.54, 1.807) is 0 Å². The first kappa shape index (κ1) is 15.3. The minimum absolute atomic E-state index is 0.262. The molecule has 3 nitrogen and oxygen atoms in total. The Balaban J connectivity index is 1.60. The molecule has 3 rings (SSSR count). The van der Waals surface area contributed by atoms with Gasteiger partial charge in [-0.05, 0) is 64.3 Å². The van der Waals surface area contributed by atoms with Gasteiger partial charge in [-0.2, -0.15) is 5.26 Å². The van der Waals surface area contributed by atoms with Crippen LogP contribution in [0, 0.1) is 23.2 Å². The van der Waals surface area contributed by atoms with Crippen molar-refractivity contribution in [3.8, 4) is 6.07 Å². The van der Waals surface area contributed by atoms with Gasteiger partial charge in [0.05, 0.1) is 6.07 Å². The average molecular weight is 289 g/mol. The first-order valence-corrected chi connectivity index (χ1v) is 9.05. The monoisotopic (exact) mass is 289 g/mol. The highest BCUT2D eigenvalue weighted by Gasteiger charge is 2.43. The van der Waals surface area contributed by atoms with Crippen molar-refractivity contribution >= 4 is 0 Å². The van der Waals surface area contributed by atoms with Gasteiger partial charge in [-0.3, -0.25) is 10.2 Å². The molecule has 1 aliphatic heterocycles. The van der Waals surface area contributed by atoms with Gasteiger partial charge in [0.1, 0.15) is 5.54 Å². The topological polar surface area (TPSA) is 39.1 Å². The number of nitrogens with one attached hydrogen (secondary N) is 1. The number of piperidine rings is 1. The molecule has 2 aliphatic carbocycles. The molecule has 0 aromatic rings. The molecule has 1 heterocycles. The normalized spacial score (nSPS) is 41.0. The molecule has 118 valence electrons. The van der Waals surface area contributed by atoms with Gasteiger partial charge in [-0.15, -0.1) is 0 Å². The van der Waals surface area contributed by atoms with Crippen LogP contribution in [0.15, 0.2) is 0 Å². The van der Waals surface area contributed by atoms with Crippen LogP contribution in [0.1, 0.15) is 65.2 Å². The van der Waals surface area contributed by atoms with E-state index in [0.29, 0.717) is 12.1 Å². The van der Waals surface area contributed by atoms with Gasteiger partial charge in [-0.1, -0.05) is 19.3 Å². The predicted molar refractivity (Wildman–Crippen MR) is 85.9 cm³/mol. The largest absolute Gasteiger partial charge is 0.300 e. The van der Waals surface area contributed by atoms with E-state index < -0.39 is 0 Å². The van der Waals surface area contributed by atoms with Crippen molar-refractivity contribution in [1.82, 2.24) is 10.2 Å². The van der Waals surface area contributed by atoms with Gasteiger partial charge in [0.2, 0.25) is 0 Å². The Labute approximate surface area is 130 Å². The maximum absolute atomic E-state index is 9.64. The summed E-state index contributed by atoms with van der Waals surface area (Å²) in [5, 5.41) is 13.2. The summed E-state index contributed by atoms with van der Waals surface area (Å²) in [7, 11) is 0. The Morgan fingerprint density at radius 1 is 1.14 bits per heavy atom. The SMILES string of the molecule is CC(C)NC1(C#N)CCC(N2CCC3CCCCC3C2)C1. The molecular formula is C18H31N3. The third-order valence-corrected chi connectivity index (χ3v) is 6.11. The van der Waals surface area contributed by atoms with Crippen LogP contribution in [-0.2, 0) is 0 Å². The molecule has 4 unspecified atom stereocenters. The van der Waals surface area contributed by atoms with E-state index in [2.05, 4.69) is 30.1 Å². The first-order valence-electron chi connectivity index (χ1n) is 9.05. The second kappa shape index (κ2) is 6.26. The smallest absolute Gasteiger partial charge is 0.108 e. The van der Waals surface area contributed by atoms with E-state index in [1.165, 1.54) is 51.6 Å². The molecule has 0 radical (unpaired) electrons. The maximum atomic E-state index is 9.64. The highest BCUT2D eigenvalue weighted by atomic mass is 15.2. The summed E-state index contributed by atoms with van der Waals surface area (Å²) in [5.41, 5.74) is -0.262. The number of rotatable bonds is 3. The van der Waals surface area contributed by atoms with Crippen molar-refractivity contribution < 1.29 is 0 Å². The Morgan fingerprint density at radius 3 is 2.62 bits per heavy atom. The van der Waals surface area contributed by atoms with Crippen LogP contribution in [-0.4, -0.2) is 35.6 Å². The molecule has 1 saturated heterocycles. The van der Waals surface area contributed by atoms with Gasteiger partial charge in [-0.25, -0.2) is 0 Å². The summed E-state index contributed by atoms with van der Waals surface area (Å²) >= 11 is 0. The summed E-state index contributed by atoms with van der Waals surface area (Å²) < 4.78 is 0. The van der Waals surface area contributed by atoms with Gasteiger partial charge in [0.15, 0.2) is 0 Å². The molecule has 3 heteroatoms. The summed E-state index contributed by atoms with van der Waals surface area (Å²) in [4.78, 5) is 2.73. The van der Waals surface area contributed by atoms with E-state index in [-0.39, 0.29) is 5.54 Å². The number of fused-ring (bicyclic) bond motifs is 1. The highest BCUT2D eigenvalue weighted by molar-refractivity contribution is 5.14. The first-order chi connectivity index (χ1) is 10.1. The van der Waals surface area contributed by atoms with Crippen LogP contribution < -0.4 is 5.32 Å². The lowest BCUT2D eigenvalue weighted by molar-refractivity contribution is 0.0567. The molecule has 3 fully saturated rings. The minimum Gasteiger partial charge on any atom is -0.300 e. The average Bonchev–Trinajstić information content (AvgIpc) is 2.91. The van der Waals surface area contributed by atoms with E-state index in [0.717, 1.165) is 24.7 Å². The lowest BCUT2D eigenvalue weighted by Crippen LogP contribution is -2.49. The summed E-state index contributed by atoms with van der Waals surface area (Å²) in [5.74, 6) is 1.95. The van der Waals surface area contributed by atoms with Gasteiger partial charge in [0.25, 0.3) is 0 Å². The number of likely N-dealkylation sites (tertiary alicyclic amines) is 1. The standard InChI is InChI=1S/C18H31N3/c1-14(2)20-18(13-19)9-7-17(11-18)21-10-8-15-5-3-4-6-16(15)12-21/h14-17,20H,3-12H2,1-2H3. The van der Waals surface area contributed by atoms with Crippen molar-refractivity contribution in [1.29, 1.82) is 5.26 Å². The second-order valence-corrected chi connectivity index (χ2v) is 7.98. The van der Waals surface area contributed by atoms with E-state index in [9.17, 15) is 5.26 Å². The summed E-state index contributed by atoms with van der Waals surface area (Å²) in [6, 6.07) is 3.63. The van der Waals surface area contributed by atoms with E-state index in [4.69, 9.17) is 0 Å². The zero-order chi connectivity index (χ0) is 14.9. The minimum atomic E-state index is -0.262. The highest BCUT2D eigenvalue weighted by Crippen LogP contribution is 2.40. The molecule has 0 spiro atoms. The second-order valence-electron chi connectivity index (χ2n) is 7.98. The third-order valence-electron chi connectivity index (χ3n) is 6.11. The van der Waals surface area contributed by atoms with Crippen LogP contribution in [0.2, 0.25) is 0 Å². The Morgan fingerprint density at radius 2 is 1.90 bits per heavy atom. The van der Waals surface area contributed by atoms with Gasteiger partial charge < -0.3 is 0 Å². The molecule has 3 aliphatic rings. The molecular weight excluding hydrogens is 258 g/mol. The maximum Gasteiger partial charge on any atom is 0.108 e. The molecule has 0 amide bonds. The van der Waals surface area contributed by atoms with Crippen LogP contribution in [0.3, 0.4) is 0 Å². The van der Waals surface area contributed by atoms with Crippen molar-refractivity contribution in [3.63, 3.8) is 0 Å². The van der Waals surface area contributed by atoms with Crippen molar-refractivity contribution in [2.24, 2.45) is 11.8 Å². The Hall–Kier alpha value is -0.590. The van der Waals surface area contributed by atoms with Gasteiger partial charge >= 0.3 is 0 Å². The third kappa shape index (κ3) is 3.27. The zero-order valence-electron chi connectivity index (χ0n) is 13.8. The van der Waals surface area contributed by atoms with Crippen molar-refractivity contribution in [3.05, 3.63) is 0 Å². The number of nitriles is 1. The molecule has 1 N–H and O–H groups in total. The van der Waals surface area contributed by atoms with Crippen LogP contribution in [0.5, 0.6) is 0 Å². The predicted octanol–water partition coefficient (Wildman–Crippen LogP) is 3.31. The molecule has 0 aromatic heterocycles. The molecule has 21 heavy (non-hydrogen) atoms.